The van der Waals surface area contributed by atoms with Crippen molar-refractivity contribution >= 4 is 17.3 Å². The Labute approximate surface area is 122 Å². The number of nitro benzene ring substituents is 1. The Bertz CT molecular complexity index is 548. The zero-order chi connectivity index (χ0) is 16.2. The number of carboxylic acids is 1. The third kappa shape index (κ3) is 4.40. The van der Waals surface area contributed by atoms with Gasteiger partial charge >= 0.3 is 5.97 Å². The Balaban J connectivity index is 3.11. The molecule has 0 saturated heterocycles. The molecule has 21 heavy (non-hydrogen) atoms. The number of rotatable bonds is 7. The zero-order valence-electron chi connectivity index (χ0n) is 12.2. The fourth-order valence-electron chi connectivity index (χ4n) is 2.09. The molecule has 0 aliphatic carbocycles. The minimum absolute atomic E-state index is 0.0228. The minimum atomic E-state index is -1.46. The van der Waals surface area contributed by atoms with Gasteiger partial charge in [0, 0.05) is 6.04 Å². The summed E-state index contributed by atoms with van der Waals surface area (Å²) < 4.78 is 13.5. The van der Waals surface area contributed by atoms with Crippen LogP contribution in [0.25, 0.3) is 0 Å². The number of nitrogens with one attached hydrogen (secondary N) is 1. The summed E-state index contributed by atoms with van der Waals surface area (Å²) in [7, 11) is 0. The number of aromatic carboxylic acids is 1. The molecule has 0 aromatic heterocycles. The van der Waals surface area contributed by atoms with Crippen LogP contribution in [0.2, 0.25) is 0 Å². The Kier molecular flexibility index (Phi) is 5.63. The fraction of sp³-hybridized carbons (Fsp3) is 0.500. The second-order valence-electron chi connectivity index (χ2n) is 5.21. The standard InChI is InChI=1S/C14H19FN2O4/c1-4-8(2)5-9(3)16-12-6-10(14(18)19)11(15)7-13(12)17(20)21/h6-9,16H,4-5H2,1-3H3,(H,18,19). The van der Waals surface area contributed by atoms with Gasteiger partial charge in [0.25, 0.3) is 5.69 Å². The fourth-order valence-corrected chi connectivity index (χ4v) is 2.09. The molecule has 2 N–H and O–H groups in total. The van der Waals surface area contributed by atoms with E-state index >= 15 is 0 Å². The van der Waals surface area contributed by atoms with Crippen molar-refractivity contribution in [1.29, 1.82) is 0 Å². The number of halogens is 1. The summed E-state index contributed by atoms with van der Waals surface area (Å²) in [4.78, 5) is 21.2. The van der Waals surface area contributed by atoms with E-state index in [4.69, 9.17) is 5.11 Å². The third-order valence-corrected chi connectivity index (χ3v) is 3.37. The third-order valence-electron chi connectivity index (χ3n) is 3.37. The molecule has 0 bridgehead atoms. The van der Waals surface area contributed by atoms with E-state index in [1.165, 1.54) is 0 Å². The molecule has 1 aromatic rings. The van der Waals surface area contributed by atoms with Gasteiger partial charge in [0.05, 0.1) is 16.6 Å². The van der Waals surface area contributed by atoms with Crippen molar-refractivity contribution in [2.45, 2.75) is 39.7 Å². The smallest absolute Gasteiger partial charge is 0.338 e. The first kappa shape index (κ1) is 16.9. The molecular weight excluding hydrogens is 279 g/mol. The monoisotopic (exact) mass is 298 g/mol. The Hall–Kier alpha value is -2.18. The largest absolute Gasteiger partial charge is 0.478 e. The van der Waals surface area contributed by atoms with Gasteiger partial charge in [-0.3, -0.25) is 10.1 Å². The molecule has 1 aromatic carbocycles. The van der Waals surface area contributed by atoms with E-state index in [1.54, 1.807) is 0 Å². The summed E-state index contributed by atoms with van der Waals surface area (Å²) >= 11 is 0. The van der Waals surface area contributed by atoms with E-state index in [1.807, 2.05) is 13.8 Å². The van der Waals surface area contributed by atoms with E-state index in [2.05, 4.69) is 12.2 Å². The Morgan fingerprint density at radius 2 is 2.10 bits per heavy atom. The molecule has 0 amide bonds. The van der Waals surface area contributed by atoms with E-state index in [-0.39, 0.29) is 11.7 Å². The highest BCUT2D eigenvalue weighted by Crippen LogP contribution is 2.29. The number of benzene rings is 1. The number of anilines is 1. The van der Waals surface area contributed by atoms with E-state index in [0.29, 0.717) is 12.0 Å². The number of nitro groups is 1. The van der Waals surface area contributed by atoms with Gasteiger partial charge in [0.15, 0.2) is 0 Å². The molecule has 1 rings (SSSR count). The summed E-state index contributed by atoms with van der Waals surface area (Å²) in [6.07, 6.45) is 1.74. The van der Waals surface area contributed by atoms with Gasteiger partial charge in [0.2, 0.25) is 0 Å². The molecule has 0 heterocycles. The highest BCUT2D eigenvalue weighted by molar-refractivity contribution is 5.90. The van der Waals surface area contributed by atoms with Crippen LogP contribution in [0.4, 0.5) is 15.8 Å². The molecule has 0 saturated carbocycles. The van der Waals surface area contributed by atoms with Crippen molar-refractivity contribution in [2.24, 2.45) is 5.92 Å². The van der Waals surface area contributed by atoms with Crippen LogP contribution in [-0.4, -0.2) is 22.0 Å². The molecule has 0 radical (unpaired) electrons. The summed E-state index contributed by atoms with van der Waals surface area (Å²) in [6, 6.07) is 1.52. The molecule has 2 atom stereocenters. The predicted octanol–water partition coefficient (Wildman–Crippen LogP) is 3.67. The number of carbonyl (C=O) groups is 1. The maximum Gasteiger partial charge on any atom is 0.338 e. The van der Waals surface area contributed by atoms with Crippen LogP contribution in [0, 0.1) is 21.8 Å². The molecule has 0 aliphatic rings. The first-order valence-corrected chi connectivity index (χ1v) is 6.74. The number of hydrogen-bond donors (Lipinski definition) is 2. The van der Waals surface area contributed by atoms with Crippen LogP contribution in [0.15, 0.2) is 12.1 Å². The Morgan fingerprint density at radius 3 is 2.57 bits per heavy atom. The lowest BCUT2D eigenvalue weighted by Crippen LogP contribution is -2.19. The van der Waals surface area contributed by atoms with Crippen LogP contribution >= 0.6 is 0 Å². The van der Waals surface area contributed by atoms with E-state index in [9.17, 15) is 19.3 Å². The van der Waals surface area contributed by atoms with Gasteiger partial charge in [-0.2, -0.15) is 0 Å². The molecule has 6 nitrogen and oxygen atoms in total. The Morgan fingerprint density at radius 1 is 1.48 bits per heavy atom. The molecular formula is C14H19FN2O4. The molecule has 0 spiro atoms. The van der Waals surface area contributed by atoms with E-state index in [0.717, 1.165) is 18.9 Å². The lowest BCUT2D eigenvalue weighted by Gasteiger charge is -2.19. The van der Waals surface area contributed by atoms with Crippen molar-refractivity contribution in [3.8, 4) is 0 Å². The van der Waals surface area contributed by atoms with Gasteiger partial charge in [-0.25, -0.2) is 9.18 Å². The van der Waals surface area contributed by atoms with Crippen molar-refractivity contribution < 1.29 is 19.2 Å². The molecule has 116 valence electrons. The van der Waals surface area contributed by atoms with Gasteiger partial charge in [0.1, 0.15) is 11.5 Å². The van der Waals surface area contributed by atoms with Crippen molar-refractivity contribution in [3.63, 3.8) is 0 Å². The number of hydrogen-bond acceptors (Lipinski definition) is 4. The van der Waals surface area contributed by atoms with Crippen LogP contribution in [-0.2, 0) is 0 Å². The minimum Gasteiger partial charge on any atom is -0.478 e. The average molecular weight is 298 g/mol. The van der Waals surface area contributed by atoms with Crippen molar-refractivity contribution in [2.75, 3.05) is 5.32 Å². The predicted molar refractivity (Wildman–Crippen MR) is 77.2 cm³/mol. The van der Waals surface area contributed by atoms with Crippen molar-refractivity contribution in [1.82, 2.24) is 0 Å². The second kappa shape index (κ2) is 7.01. The lowest BCUT2D eigenvalue weighted by molar-refractivity contribution is -0.384. The lowest BCUT2D eigenvalue weighted by atomic mass is 10.00. The van der Waals surface area contributed by atoms with Crippen LogP contribution in [0.3, 0.4) is 0 Å². The van der Waals surface area contributed by atoms with Crippen molar-refractivity contribution in [3.05, 3.63) is 33.6 Å². The highest BCUT2D eigenvalue weighted by Gasteiger charge is 2.22. The van der Waals surface area contributed by atoms with Gasteiger partial charge in [-0.1, -0.05) is 20.3 Å². The summed E-state index contributed by atoms with van der Waals surface area (Å²) in [5.74, 6) is -2.15. The quantitative estimate of drug-likeness (QED) is 0.592. The maximum absolute atomic E-state index is 13.5. The molecule has 0 aliphatic heterocycles. The summed E-state index contributed by atoms with van der Waals surface area (Å²) in [6.45, 7) is 5.94. The van der Waals surface area contributed by atoms with Gasteiger partial charge < -0.3 is 10.4 Å². The first-order chi connectivity index (χ1) is 9.76. The number of nitrogens with zero attached hydrogens (tertiary/aromatic N) is 1. The summed E-state index contributed by atoms with van der Waals surface area (Å²) in [5.41, 5.74) is -1.03. The first-order valence-electron chi connectivity index (χ1n) is 6.74. The molecule has 2 unspecified atom stereocenters. The highest BCUT2D eigenvalue weighted by atomic mass is 19.1. The van der Waals surface area contributed by atoms with Crippen LogP contribution < -0.4 is 5.32 Å². The summed E-state index contributed by atoms with van der Waals surface area (Å²) in [5, 5.41) is 22.8. The second-order valence-corrected chi connectivity index (χ2v) is 5.21. The normalized spacial score (nSPS) is 13.5. The van der Waals surface area contributed by atoms with Gasteiger partial charge in [-0.15, -0.1) is 0 Å². The van der Waals surface area contributed by atoms with Crippen LogP contribution in [0.1, 0.15) is 44.0 Å². The number of carboxylic acid groups (broad SMARTS) is 1. The van der Waals surface area contributed by atoms with Gasteiger partial charge in [-0.05, 0) is 25.3 Å². The van der Waals surface area contributed by atoms with Crippen LogP contribution in [0.5, 0.6) is 0 Å². The van der Waals surface area contributed by atoms with E-state index < -0.39 is 28.0 Å². The molecule has 7 heteroatoms. The SMILES string of the molecule is CCC(C)CC(C)Nc1cc(C(=O)O)c(F)cc1[N+](=O)[O-]. The zero-order valence-corrected chi connectivity index (χ0v) is 12.2. The average Bonchev–Trinajstić information content (AvgIpc) is 2.39. The topological polar surface area (TPSA) is 92.5 Å². The molecule has 0 fully saturated rings. The maximum atomic E-state index is 13.5.